The van der Waals surface area contributed by atoms with E-state index < -0.39 is 11.9 Å². The molecule has 178 valence electrons. The van der Waals surface area contributed by atoms with Gasteiger partial charge in [0.25, 0.3) is 0 Å². The Morgan fingerprint density at radius 1 is 1.15 bits per heavy atom. The highest BCUT2D eigenvalue weighted by Crippen LogP contribution is 2.38. The summed E-state index contributed by atoms with van der Waals surface area (Å²) in [5.41, 5.74) is 9.90. The fourth-order valence-electron chi connectivity index (χ4n) is 3.97. The number of hydrogen-bond acceptors (Lipinski definition) is 6. The number of halogens is 3. The fraction of sp³-hybridized carbons (Fsp3) is 0.280. The summed E-state index contributed by atoms with van der Waals surface area (Å²) in [6.45, 7) is 5.55. The number of nitrogens with two attached hydrogens (primary N) is 1. The van der Waals surface area contributed by atoms with Gasteiger partial charge in [0.1, 0.15) is 23.4 Å². The van der Waals surface area contributed by atoms with Gasteiger partial charge < -0.3 is 20.5 Å². The number of pyridine rings is 2. The first-order valence-corrected chi connectivity index (χ1v) is 11.6. The van der Waals surface area contributed by atoms with E-state index in [2.05, 4.69) is 23.3 Å². The molecule has 1 aliphatic rings. The molecular formula is C25H25Cl2FN4O2. The van der Waals surface area contributed by atoms with E-state index in [1.54, 1.807) is 32.5 Å². The van der Waals surface area contributed by atoms with Gasteiger partial charge in [-0.1, -0.05) is 36.2 Å². The molecule has 0 saturated carbocycles. The number of benzene rings is 1. The van der Waals surface area contributed by atoms with E-state index in [1.807, 2.05) is 6.07 Å². The van der Waals surface area contributed by atoms with Crippen molar-refractivity contribution in [2.24, 2.45) is 5.92 Å². The number of ether oxygens (including phenoxy) is 2. The van der Waals surface area contributed by atoms with Crippen LogP contribution in [0.5, 0.6) is 11.5 Å². The zero-order valence-corrected chi connectivity index (χ0v) is 20.5. The van der Waals surface area contributed by atoms with Crippen LogP contribution in [-0.4, -0.2) is 30.2 Å². The van der Waals surface area contributed by atoms with E-state index in [1.165, 1.54) is 12.1 Å². The molecule has 0 aliphatic carbocycles. The molecule has 2 atom stereocenters. The molecule has 4 rings (SSSR count). The number of nitrogens with zero attached hydrogens (tertiary/aromatic N) is 2. The molecule has 0 spiro atoms. The van der Waals surface area contributed by atoms with Gasteiger partial charge in [0.05, 0.1) is 12.1 Å². The number of anilines is 1. The van der Waals surface area contributed by atoms with Gasteiger partial charge in [-0.05, 0) is 42.7 Å². The second kappa shape index (κ2) is 10.2. The lowest BCUT2D eigenvalue weighted by atomic mass is 9.93. The van der Waals surface area contributed by atoms with E-state index >= 15 is 0 Å². The van der Waals surface area contributed by atoms with Crippen LogP contribution < -0.4 is 20.5 Å². The van der Waals surface area contributed by atoms with Gasteiger partial charge in [0.15, 0.2) is 11.6 Å². The third kappa shape index (κ3) is 4.82. The highest BCUT2D eigenvalue weighted by Gasteiger charge is 2.22. The highest BCUT2D eigenvalue weighted by molar-refractivity contribution is 6.36. The normalized spacial score (nSPS) is 16.6. The average molecular weight is 503 g/mol. The van der Waals surface area contributed by atoms with Crippen LogP contribution in [0.1, 0.15) is 31.2 Å². The van der Waals surface area contributed by atoms with Gasteiger partial charge >= 0.3 is 0 Å². The minimum absolute atomic E-state index is 0.0892. The Hall–Kier alpha value is -2.87. The van der Waals surface area contributed by atoms with Gasteiger partial charge in [-0.15, -0.1) is 0 Å². The number of nitrogens with one attached hydrogen (secondary N) is 1. The molecule has 0 bridgehead atoms. The van der Waals surface area contributed by atoms with Crippen LogP contribution >= 0.6 is 23.2 Å². The van der Waals surface area contributed by atoms with Gasteiger partial charge in [-0.25, -0.2) is 9.37 Å². The summed E-state index contributed by atoms with van der Waals surface area (Å²) < 4.78 is 25.6. The minimum Gasteiger partial charge on any atom is -0.494 e. The molecule has 9 heteroatoms. The van der Waals surface area contributed by atoms with Crippen molar-refractivity contribution in [2.45, 2.75) is 20.0 Å². The number of methoxy groups -OCH3 is 1. The fourth-order valence-corrected chi connectivity index (χ4v) is 4.65. The van der Waals surface area contributed by atoms with Crippen LogP contribution in [-0.2, 0) is 0 Å². The topological polar surface area (TPSA) is 82.3 Å². The quantitative estimate of drug-likeness (QED) is 0.405. The van der Waals surface area contributed by atoms with Crippen LogP contribution in [0.2, 0.25) is 10.0 Å². The van der Waals surface area contributed by atoms with Crippen molar-refractivity contribution >= 4 is 34.6 Å². The van der Waals surface area contributed by atoms with Gasteiger partial charge in [0, 0.05) is 47.2 Å². The Kier molecular flexibility index (Phi) is 7.26. The van der Waals surface area contributed by atoms with E-state index in [9.17, 15) is 4.39 Å². The van der Waals surface area contributed by atoms with Gasteiger partial charge in [-0.3, -0.25) is 4.98 Å². The van der Waals surface area contributed by atoms with Crippen LogP contribution in [0.3, 0.4) is 0 Å². The first kappa shape index (κ1) is 24.3. The molecule has 1 aromatic carbocycles. The zero-order chi connectivity index (χ0) is 24.4. The van der Waals surface area contributed by atoms with E-state index in [-0.39, 0.29) is 10.8 Å². The lowest BCUT2D eigenvalue weighted by Gasteiger charge is -2.23. The summed E-state index contributed by atoms with van der Waals surface area (Å²) in [5, 5.41) is 3.55. The maximum Gasteiger partial charge on any atom is 0.166 e. The van der Waals surface area contributed by atoms with Gasteiger partial charge in [0.2, 0.25) is 0 Å². The maximum absolute atomic E-state index is 14.0. The molecule has 0 fully saturated rings. The first-order chi connectivity index (χ1) is 16.3. The summed E-state index contributed by atoms with van der Waals surface area (Å²) in [6.07, 6.45) is 4.88. The Morgan fingerprint density at radius 3 is 2.56 bits per heavy atom. The molecule has 3 aromatic rings. The molecule has 2 unspecified atom stereocenters. The molecule has 6 nitrogen and oxygen atoms in total. The molecule has 3 heterocycles. The predicted molar refractivity (Wildman–Crippen MR) is 134 cm³/mol. The Labute approximate surface area is 207 Å². The first-order valence-electron chi connectivity index (χ1n) is 10.8. The van der Waals surface area contributed by atoms with Gasteiger partial charge in [-0.2, -0.15) is 0 Å². The third-order valence-electron chi connectivity index (χ3n) is 5.80. The predicted octanol–water partition coefficient (Wildman–Crippen LogP) is 5.94. The van der Waals surface area contributed by atoms with Crippen molar-refractivity contribution in [3.8, 4) is 22.6 Å². The summed E-state index contributed by atoms with van der Waals surface area (Å²) in [7, 11) is 1.63. The molecule has 3 N–H and O–H groups in total. The second-order valence-electron chi connectivity index (χ2n) is 8.12. The van der Waals surface area contributed by atoms with Crippen LogP contribution in [0.15, 0.2) is 42.7 Å². The number of nitrogen functional groups attached to an aromatic ring is 1. The monoisotopic (exact) mass is 502 g/mol. The van der Waals surface area contributed by atoms with E-state index in [4.69, 9.17) is 43.4 Å². The Balaban J connectivity index is 1.66. The lowest BCUT2D eigenvalue weighted by molar-refractivity contribution is 0.227. The largest absolute Gasteiger partial charge is 0.494 e. The number of aromatic nitrogens is 2. The summed E-state index contributed by atoms with van der Waals surface area (Å²) in [5.74, 6) is 0.919. The summed E-state index contributed by atoms with van der Waals surface area (Å²) >= 11 is 12.4. The summed E-state index contributed by atoms with van der Waals surface area (Å²) in [4.78, 5) is 8.96. The van der Waals surface area contributed by atoms with Crippen molar-refractivity contribution in [3.63, 3.8) is 0 Å². The molecule has 0 saturated heterocycles. The summed E-state index contributed by atoms with van der Waals surface area (Å²) in [6, 6.07) is 6.32. The molecule has 1 aliphatic heterocycles. The molecule has 2 aromatic heterocycles. The lowest BCUT2D eigenvalue weighted by Crippen LogP contribution is -2.27. The van der Waals surface area contributed by atoms with Crippen LogP contribution in [0.25, 0.3) is 16.7 Å². The minimum atomic E-state index is -0.668. The van der Waals surface area contributed by atoms with Crippen molar-refractivity contribution in [3.05, 3.63) is 69.9 Å². The van der Waals surface area contributed by atoms with Crippen molar-refractivity contribution < 1.29 is 13.9 Å². The van der Waals surface area contributed by atoms with Crippen LogP contribution in [0, 0.1) is 11.7 Å². The van der Waals surface area contributed by atoms with Crippen molar-refractivity contribution in [1.82, 2.24) is 15.3 Å². The maximum atomic E-state index is 14.0. The number of rotatable bonds is 6. The highest BCUT2D eigenvalue weighted by atomic mass is 35.5. The van der Waals surface area contributed by atoms with Crippen LogP contribution in [0.4, 0.5) is 10.2 Å². The molecule has 34 heavy (non-hydrogen) atoms. The number of hydrogen-bond donors (Lipinski definition) is 2. The molecular weight excluding hydrogens is 478 g/mol. The Morgan fingerprint density at radius 2 is 1.85 bits per heavy atom. The SMILES string of the molecule is COc1cc(-c2cnc(N)c(OC(C)c3c(Cl)ccc(F)c3Cl)c2)cnc1C1=CCNCC1C. The smallest absolute Gasteiger partial charge is 0.166 e. The molecule has 0 radical (unpaired) electrons. The van der Waals surface area contributed by atoms with E-state index in [0.717, 1.165) is 35.5 Å². The Bertz CT molecular complexity index is 1250. The average Bonchev–Trinajstić information content (AvgIpc) is 2.83. The zero-order valence-electron chi connectivity index (χ0n) is 19.0. The van der Waals surface area contributed by atoms with E-state index in [0.29, 0.717) is 28.0 Å². The van der Waals surface area contributed by atoms with Crippen molar-refractivity contribution in [2.75, 3.05) is 25.9 Å². The third-order valence-corrected chi connectivity index (χ3v) is 6.51. The second-order valence-corrected chi connectivity index (χ2v) is 8.90. The molecule has 0 amide bonds. The van der Waals surface area contributed by atoms with Crippen molar-refractivity contribution in [1.29, 1.82) is 0 Å². The standard InChI is InChI=1S/C25H25Cl2FN4O2/c1-13-10-30-7-6-17(13)24-20(33-3)8-15(11-31-24)16-9-21(25(29)32-12-16)34-14(2)22-18(26)4-5-19(28)23(22)27/h4-6,8-9,11-14,30H,7,10H2,1-3H3,(H2,29,32).